The molecule has 0 bridgehead atoms. The molecule has 0 aliphatic carbocycles. The quantitative estimate of drug-likeness (QED) is 0.760. The predicted octanol–water partition coefficient (Wildman–Crippen LogP) is 4.96. The van der Waals surface area contributed by atoms with E-state index in [0.29, 0.717) is 0 Å². The zero-order valence-electron chi connectivity index (χ0n) is 12.5. The molecule has 0 aromatic heterocycles. The van der Waals surface area contributed by atoms with Gasteiger partial charge in [-0.15, -0.1) is 0 Å². The van der Waals surface area contributed by atoms with E-state index in [4.69, 9.17) is 0 Å². The summed E-state index contributed by atoms with van der Waals surface area (Å²) >= 11 is 0. The molecule has 0 fully saturated rings. The third-order valence-corrected chi connectivity index (χ3v) is 3.05. The van der Waals surface area contributed by atoms with E-state index in [1.807, 2.05) is 30.3 Å². The number of rotatable bonds is 5. The van der Waals surface area contributed by atoms with Crippen LogP contribution in [0.4, 0.5) is 5.69 Å². The highest BCUT2D eigenvalue weighted by Crippen LogP contribution is 2.13. The van der Waals surface area contributed by atoms with Crippen LogP contribution in [0.5, 0.6) is 0 Å². The van der Waals surface area contributed by atoms with Crippen molar-refractivity contribution in [1.82, 2.24) is 0 Å². The predicted molar refractivity (Wildman–Crippen MR) is 92.2 cm³/mol. The molecule has 2 aromatic carbocycles. The van der Waals surface area contributed by atoms with Gasteiger partial charge in [0.05, 0.1) is 5.69 Å². The topological polar surface area (TPSA) is 12.0 Å². The van der Waals surface area contributed by atoms with E-state index >= 15 is 0 Å². The fourth-order valence-corrected chi connectivity index (χ4v) is 1.96. The molecule has 0 saturated heterocycles. The third-order valence-electron chi connectivity index (χ3n) is 3.05. The molecule has 0 heterocycles. The number of hydrogen-bond acceptors (Lipinski definition) is 1. The van der Waals surface area contributed by atoms with Gasteiger partial charge in [0, 0.05) is 18.5 Å². The fraction of sp³-hybridized carbons (Fsp3) is 0.200. The smallest absolute Gasteiger partial charge is 0.0501 e. The summed E-state index contributed by atoms with van der Waals surface area (Å²) in [5.41, 5.74) is 3.38. The number of nitrogens with one attached hydrogen (secondary N) is 1. The lowest BCUT2D eigenvalue weighted by molar-refractivity contribution is 0.983. The molecule has 1 heteroatoms. The first-order valence-electron chi connectivity index (χ1n) is 7.43. The van der Waals surface area contributed by atoms with Crippen molar-refractivity contribution in [3.8, 4) is 11.8 Å². The van der Waals surface area contributed by atoms with E-state index in [0.717, 1.165) is 30.6 Å². The standard InChI is InChI=1S/C20H21N/c1-2-3-5-14-19-15-8-9-16-20(19)21-17-10-13-18-11-6-4-7-12-18/h4,6-13,15-16,21H,2-3,17H2,1H3/b13-10+. The number of para-hydroxylation sites is 1. The third kappa shape index (κ3) is 5.20. The van der Waals surface area contributed by atoms with Crippen LogP contribution in [0.2, 0.25) is 0 Å². The zero-order valence-corrected chi connectivity index (χ0v) is 12.5. The summed E-state index contributed by atoms with van der Waals surface area (Å²) in [5.74, 6) is 6.44. The molecule has 0 atom stereocenters. The Bertz CT molecular complexity index is 630. The minimum atomic E-state index is 0.793. The van der Waals surface area contributed by atoms with Crippen LogP contribution >= 0.6 is 0 Å². The Kier molecular flexibility index (Phi) is 6.16. The second kappa shape index (κ2) is 8.66. The maximum atomic E-state index is 3.42. The van der Waals surface area contributed by atoms with Gasteiger partial charge >= 0.3 is 0 Å². The van der Waals surface area contributed by atoms with Crippen LogP contribution in [0.15, 0.2) is 60.7 Å². The molecule has 0 saturated carbocycles. The van der Waals surface area contributed by atoms with E-state index in [-0.39, 0.29) is 0 Å². The van der Waals surface area contributed by atoms with Crippen LogP contribution in [0.1, 0.15) is 30.9 Å². The first kappa shape index (κ1) is 14.9. The average Bonchev–Trinajstić information content (AvgIpc) is 2.54. The molecule has 0 aliphatic heterocycles. The van der Waals surface area contributed by atoms with Gasteiger partial charge in [-0.2, -0.15) is 0 Å². The Balaban J connectivity index is 1.94. The minimum absolute atomic E-state index is 0.793. The second-order valence-corrected chi connectivity index (χ2v) is 4.79. The van der Waals surface area contributed by atoms with Crippen molar-refractivity contribution in [1.29, 1.82) is 0 Å². The molecule has 2 aromatic rings. The Labute approximate surface area is 127 Å². The van der Waals surface area contributed by atoms with Gasteiger partial charge in [0.2, 0.25) is 0 Å². The summed E-state index contributed by atoms with van der Waals surface area (Å²) in [6.45, 7) is 2.94. The van der Waals surface area contributed by atoms with Gasteiger partial charge in [0.15, 0.2) is 0 Å². The summed E-state index contributed by atoms with van der Waals surface area (Å²) in [5, 5.41) is 3.42. The molecule has 0 spiro atoms. The molecule has 0 unspecified atom stereocenters. The molecule has 2 rings (SSSR count). The number of benzene rings is 2. The van der Waals surface area contributed by atoms with Gasteiger partial charge in [-0.25, -0.2) is 0 Å². The lowest BCUT2D eigenvalue weighted by Gasteiger charge is -2.05. The first-order valence-corrected chi connectivity index (χ1v) is 7.43. The maximum Gasteiger partial charge on any atom is 0.0501 e. The van der Waals surface area contributed by atoms with E-state index in [2.05, 4.69) is 60.5 Å². The second-order valence-electron chi connectivity index (χ2n) is 4.79. The van der Waals surface area contributed by atoms with Crippen LogP contribution in [0.25, 0.3) is 6.08 Å². The Morgan fingerprint density at radius 1 is 1.00 bits per heavy atom. The molecule has 0 aliphatic rings. The van der Waals surface area contributed by atoms with Crippen LogP contribution in [0.3, 0.4) is 0 Å². The van der Waals surface area contributed by atoms with E-state index in [1.54, 1.807) is 0 Å². The molecule has 106 valence electrons. The summed E-state index contributed by atoms with van der Waals surface area (Å²) in [6.07, 6.45) is 6.30. The molecule has 0 amide bonds. The lowest BCUT2D eigenvalue weighted by atomic mass is 10.1. The van der Waals surface area contributed by atoms with Crippen molar-refractivity contribution in [3.05, 3.63) is 71.8 Å². The maximum absolute atomic E-state index is 3.42. The van der Waals surface area contributed by atoms with Crippen molar-refractivity contribution in [2.75, 3.05) is 11.9 Å². The first-order chi connectivity index (χ1) is 10.4. The number of unbranched alkanes of at least 4 members (excludes halogenated alkanes) is 1. The van der Waals surface area contributed by atoms with Gasteiger partial charge in [0.1, 0.15) is 0 Å². The summed E-state index contributed by atoms with van der Waals surface area (Å²) in [4.78, 5) is 0. The molecular formula is C20H21N. The molecule has 1 nitrogen and oxygen atoms in total. The van der Waals surface area contributed by atoms with Crippen LogP contribution in [0, 0.1) is 11.8 Å². The largest absolute Gasteiger partial charge is 0.381 e. The van der Waals surface area contributed by atoms with Gasteiger partial charge in [-0.3, -0.25) is 0 Å². The van der Waals surface area contributed by atoms with E-state index in [9.17, 15) is 0 Å². The fourth-order valence-electron chi connectivity index (χ4n) is 1.96. The minimum Gasteiger partial charge on any atom is -0.381 e. The Morgan fingerprint density at radius 2 is 1.76 bits per heavy atom. The van der Waals surface area contributed by atoms with Crippen molar-refractivity contribution >= 4 is 11.8 Å². The van der Waals surface area contributed by atoms with E-state index < -0.39 is 0 Å². The lowest BCUT2D eigenvalue weighted by Crippen LogP contribution is -2.00. The summed E-state index contributed by atoms with van der Waals surface area (Å²) in [6, 6.07) is 18.5. The number of hydrogen-bond donors (Lipinski definition) is 1. The highest BCUT2D eigenvalue weighted by Gasteiger charge is 1.96. The van der Waals surface area contributed by atoms with Crippen LogP contribution < -0.4 is 5.32 Å². The molecule has 0 radical (unpaired) electrons. The van der Waals surface area contributed by atoms with Crippen molar-refractivity contribution in [2.24, 2.45) is 0 Å². The zero-order chi connectivity index (χ0) is 14.8. The van der Waals surface area contributed by atoms with Crippen LogP contribution in [-0.4, -0.2) is 6.54 Å². The molecular weight excluding hydrogens is 254 g/mol. The summed E-state index contributed by atoms with van der Waals surface area (Å²) < 4.78 is 0. The Morgan fingerprint density at radius 3 is 2.57 bits per heavy atom. The Hall–Kier alpha value is -2.46. The van der Waals surface area contributed by atoms with Gasteiger partial charge < -0.3 is 5.32 Å². The SMILES string of the molecule is CCCC#Cc1ccccc1NC/C=C/c1ccccc1. The normalized spacial score (nSPS) is 10.1. The monoisotopic (exact) mass is 275 g/mol. The molecule has 1 N–H and O–H groups in total. The van der Waals surface area contributed by atoms with Crippen LogP contribution in [-0.2, 0) is 0 Å². The number of anilines is 1. The van der Waals surface area contributed by atoms with Crippen molar-refractivity contribution in [3.63, 3.8) is 0 Å². The van der Waals surface area contributed by atoms with Crippen molar-refractivity contribution < 1.29 is 0 Å². The highest BCUT2D eigenvalue weighted by atomic mass is 14.9. The average molecular weight is 275 g/mol. The van der Waals surface area contributed by atoms with Crippen molar-refractivity contribution in [2.45, 2.75) is 19.8 Å². The molecule has 21 heavy (non-hydrogen) atoms. The van der Waals surface area contributed by atoms with Gasteiger partial charge in [-0.05, 0) is 24.1 Å². The van der Waals surface area contributed by atoms with E-state index in [1.165, 1.54) is 5.56 Å². The van der Waals surface area contributed by atoms with Gasteiger partial charge in [-0.1, -0.05) is 73.4 Å². The highest BCUT2D eigenvalue weighted by molar-refractivity contribution is 5.59. The van der Waals surface area contributed by atoms with Gasteiger partial charge in [0.25, 0.3) is 0 Å². The summed E-state index contributed by atoms with van der Waals surface area (Å²) in [7, 11) is 0.